The first kappa shape index (κ1) is 20.8. The molecule has 1 fully saturated rings. The number of anilines is 1. The van der Waals surface area contributed by atoms with E-state index >= 15 is 0 Å². The number of nitrogens with one attached hydrogen (secondary N) is 1. The Hall–Kier alpha value is -3.08. The maximum Gasteiger partial charge on any atom is 0.243 e. The number of carbonyl (C=O) groups excluding carboxylic acids is 1. The number of hydrogen-bond acceptors (Lipinski definition) is 5. The van der Waals surface area contributed by atoms with Crippen molar-refractivity contribution >= 4 is 37.9 Å². The van der Waals surface area contributed by atoms with Gasteiger partial charge in [0.05, 0.1) is 10.6 Å². The van der Waals surface area contributed by atoms with E-state index in [0.717, 1.165) is 28.4 Å². The highest BCUT2D eigenvalue weighted by molar-refractivity contribution is 7.89. The molecule has 0 spiro atoms. The highest BCUT2D eigenvalue weighted by Gasteiger charge is 2.39. The molecule has 5 rings (SSSR count). The number of aromatic nitrogens is 2. The van der Waals surface area contributed by atoms with Gasteiger partial charge in [-0.2, -0.15) is 4.31 Å². The van der Waals surface area contributed by atoms with E-state index in [0.29, 0.717) is 18.5 Å². The van der Waals surface area contributed by atoms with Crippen molar-refractivity contribution < 1.29 is 17.6 Å². The van der Waals surface area contributed by atoms with E-state index < -0.39 is 21.9 Å². The van der Waals surface area contributed by atoms with Gasteiger partial charge in [0.25, 0.3) is 0 Å². The van der Waals surface area contributed by atoms with Crippen LogP contribution < -0.4 is 5.32 Å². The average molecular weight is 471 g/mol. The van der Waals surface area contributed by atoms with Gasteiger partial charge in [0.15, 0.2) is 4.96 Å². The number of benzene rings is 2. The third kappa shape index (κ3) is 3.81. The molecule has 0 saturated carbocycles. The summed E-state index contributed by atoms with van der Waals surface area (Å²) in [5, 5.41) is 4.78. The third-order valence-electron chi connectivity index (χ3n) is 5.47. The summed E-state index contributed by atoms with van der Waals surface area (Å²) in [7, 11) is -3.90. The molecule has 1 unspecified atom stereocenters. The molecule has 3 heterocycles. The summed E-state index contributed by atoms with van der Waals surface area (Å²) in [5.41, 5.74) is 2.33. The fourth-order valence-electron chi connectivity index (χ4n) is 3.85. The first-order chi connectivity index (χ1) is 15.4. The fourth-order valence-corrected chi connectivity index (χ4v) is 6.20. The van der Waals surface area contributed by atoms with Gasteiger partial charge < -0.3 is 5.32 Å². The van der Waals surface area contributed by atoms with Gasteiger partial charge in [-0.3, -0.25) is 9.20 Å². The van der Waals surface area contributed by atoms with Gasteiger partial charge in [0, 0.05) is 35.6 Å². The molecule has 0 radical (unpaired) electrons. The molecule has 2 aromatic carbocycles. The minimum Gasteiger partial charge on any atom is -0.325 e. The number of rotatable bonds is 5. The van der Waals surface area contributed by atoms with Crippen LogP contribution in [0.25, 0.3) is 16.2 Å². The van der Waals surface area contributed by atoms with Crippen LogP contribution in [0.4, 0.5) is 10.1 Å². The molecule has 1 aliphatic heterocycles. The van der Waals surface area contributed by atoms with Crippen LogP contribution in [0, 0.1) is 5.82 Å². The predicted molar refractivity (Wildman–Crippen MR) is 120 cm³/mol. The molecule has 10 heteroatoms. The molecule has 164 valence electrons. The largest absolute Gasteiger partial charge is 0.325 e. The number of fused-ring (bicyclic) bond motifs is 1. The van der Waals surface area contributed by atoms with Crippen LogP contribution in [0.1, 0.15) is 12.8 Å². The van der Waals surface area contributed by atoms with Crippen molar-refractivity contribution in [1.82, 2.24) is 13.7 Å². The number of halogens is 1. The van der Waals surface area contributed by atoms with E-state index in [9.17, 15) is 17.6 Å². The minimum absolute atomic E-state index is 0.0251. The van der Waals surface area contributed by atoms with E-state index in [4.69, 9.17) is 0 Å². The lowest BCUT2D eigenvalue weighted by Gasteiger charge is -2.23. The van der Waals surface area contributed by atoms with E-state index in [1.54, 1.807) is 23.5 Å². The maximum atomic E-state index is 13.2. The summed E-state index contributed by atoms with van der Waals surface area (Å²) in [4.78, 5) is 18.3. The van der Waals surface area contributed by atoms with E-state index in [-0.39, 0.29) is 17.3 Å². The monoisotopic (exact) mass is 470 g/mol. The summed E-state index contributed by atoms with van der Waals surface area (Å²) >= 11 is 1.55. The summed E-state index contributed by atoms with van der Waals surface area (Å²) in [6, 6.07) is 11.1. The molecule has 1 saturated heterocycles. The molecule has 0 aliphatic carbocycles. The second-order valence-electron chi connectivity index (χ2n) is 7.51. The quantitative estimate of drug-likeness (QED) is 0.478. The number of hydrogen-bond donors (Lipinski definition) is 1. The molecule has 4 aromatic rings. The molecular formula is C22H19FN4O3S2. The number of nitrogens with zero attached hydrogens (tertiary/aromatic N) is 3. The SMILES string of the molecule is O=C(Nc1ccc(-c2cn3ccsc3n2)cc1)C1CCCN1S(=O)(=O)c1ccc(F)cc1. The molecule has 1 N–H and O–H groups in total. The summed E-state index contributed by atoms with van der Waals surface area (Å²) in [6.45, 7) is 0.244. The number of thiazole rings is 1. The smallest absolute Gasteiger partial charge is 0.243 e. The second kappa shape index (κ2) is 8.12. The average Bonchev–Trinajstić information content (AvgIpc) is 3.51. The van der Waals surface area contributed by atoms with E-state index in [1.165, 1.54) is 16.4 Å². The molecule has 1 aliphatic rings. The van der Waals surface area contributed by atoms with Crippen molar-refractivity contribution in [3.05, 3.63) is 72.1 Å². The first-order valence-electron chi connectivity index (χ1n) is 10.0. The zero-order chi connectivity index (χ0) is 22.3. The van der Waals surface area contributed by atoms with Gasteiger partial charge in [0.1, 0.15) is 11.9 Å². The molecule has 1 atom stereocenters. The maximum absolute atomic E-state index is 13.2. The normalized spacial score (nSPS) is 17.1. The van der Waals surface area contributed by atoms with Crippen molar-refractivity contribution in [3.63, 3.8) is 0 Å². The minimum atomic E-state index is -3.90. The summed E-state index contributed by atoms with van der Waals surface area (Å²) in [5.74, 6) is -0.901. The fraction of sp³-hybridized carbons (Fsp3) is 0.182. The molecule has 32 heavy (non-hydrogen) atoms. The molecule has 7 nitrogen and oxygen atoms in total. The molecule has 1 amide bonds. The van der Waals surface area contributed by atoms with Gasteiger partial charge in [-0.15, -0.1) is 11.3 Å². The zero-order valence-corrected chi connectivity index (χ0v) is 18.4. The van der Waals surface area contributed by atoms with Crippen molar-refractivity contribution in [2.45, 2.75) is 23.8 Å². The van der Waals surface area contributed by atoms with Crippen LogP contribution in [0.3, 0.4) is 0 Å². The van der Waals surface area contributed by atoms with Crippen molar-refractivity contribution in [2.75, 3.05) is 11.9 Å². The summed E-state index contributed by atoms with van der Waals surface area (Å²) < 4.78 is 42.3. The second-order valence-corrected chi connectivity index (χ2v) is 10.3. The summed E-state index contributed by atoms with van der Waals surface area (Å²) in [6.07, 6.45) is 4.89. The van der Waals surface area contributed by atoms with Crippen molar-refractivity contribution in [2.24, 2.45) is 0 Å². The van der Waals surface area contributed by atoms with Crippen LogP contribution >= 0.6 is 11.3 Å². The van der Waals surface area contributed by atoms with Gasteiger partial charge in [-0.25, -0.2) is 17.8 Å². The number of imidazole rings is 1. The van der Waals surface area contributed by atoms with Gasteiger partial charge >= 0.3 is 0 Å². The van der Waals surface area contributed by atoms with Crippen molar-refractivity contribution in [3.8, 4) is 11.3 Å². The highest BCUT2D eigenvalue weighted by Crippen LogP contribution is 2.28. The molecule has 2 aromatic heterocycles. The Labute approximate surface area is 188 Å². The Kier molecular flexibility index (Phi) is 5.28. The van der Waals surface area contributed by atoms with E-state index in [1.807, 2.05) is 34.3 Å². The molecular weight excluding hydrogens is 451 g/mol. The zero-order valence-electron chi connectivity index (χ0n) is 16.8. The lowest BCUT2D eigenvalue weighted by molar-refractivity contribution is -0.119. The number of amides is 1. The Morgan fingerprint density at radius 1 is 1.12 bits per heavy atom. The third-order valence-corrected chi connectivity index (χ3v) is 8.16. The number of carbonyl (C=O) groups is 1. The predicted octanol–water partition coefficient (Wildman–Crippen LogP) is 3.99. The van der Waals surface area contributed by atoms with Crippen LogP contribution in [0.5, 0.6) is 0 Å². The van der Waals surface area contributed by atoms with Crippen LogP contribution in [0.2, 0.25) is 0 Å². The lowest BCUT2D eigenvalue weighted by atomic mass is 10.1. The van der Waals surface area contributed by atoms with E-state index in [2.05, 4.69) is 10.3 Å². The standard InChI is InChI=1S/C22H19FN4O3S2/c23-16-5-9-18(10-6-16)32(29,30)27-11-1-2-20(27)21(28)24-17-7-3-15(4-8-17)19-14-26-12-13-31-22(26)25-19/h3-10,12-14,20H,1-2,11H2,(H,24,28). The topological polar surface area (TPSA) is 83.8 Å². The molecule has 0 bridgehead atoms. The lowest BCUT2D eigenvalue weighted by Crippen LogP contribution is -2.43. The Morgan fingerprint density at radius 3 is 2.59 bits per heavy atom. The Balaban J connectivity index is 1.31. The Bertz CT molecular complexity index is 1350. The Morgan fingerprint density at radius 2 is 1.88 bits per heavy atom. The van der Waals surface area contributed by atoms with Crippen molar-refractivity contribution in [1.29, 1.82) is 0 Å². The first-order valence-corrected chi connectivity index (χ1v) is 12.3. The van der Waals surface area contributed by atoms with Crippen LogP contribution in [0.15, 0.2) is 71.2 Å². The number of sulfonamides is 1. The highest BCUT2D eigenvalue weighted by atomic mass is 32.2. The van der Waals surface area contributed by atoms with Crippen LogP contribution in [-0.4, -0.2) is 40.6 Å². The van der Waals surface area contributed by atoms with Gasteiger partial charge in [-0.05, 0) is 49.2 Å². The van der Waals surface area contributed by atoms with Gasteiger partial charge in [-0.1, -0.05) is 12.1 Å². The van der Waals surface area contributed by atoms with Gasteiger partial charge in [0.2, 0.25) is 15.9 Å². The van der Waals surface area contributed by atoms with Crippen LogP contribution in [-0.2, 0) is 14.8 Å².